The molecular formula is C18H24N2O4. The quantitative estimate of drug-likeness (QED) is 0.830. The van der Waals surface area contributed by atoms with E-state index in [0.717, 1.165) is 51.9 Å². The number of furan rings is 1. The van der Waals surface area contributed by atoms with E-state index < -0.39 is 0 Å². The maximum Gasteiger partial charge on any atom is 0.257 e. The van der Waals surface area contributed by atoms with Crippen molar-refractivity contribution in [3.05, 3.63) is 24.2 Å². The topological polar surface area (TPSA) is 63.0 Å². The van der Waals surface area contributed by atoms with Crippen LogP contribution >= 0.6 is 0 Å². The molecule has 0 bridgehead atoms. The molecule has 4 heterocycles. The summed E-state index contributed by atoms with van der Waals surface area (Å²) in [6.45, 7) is 3.52. The van der Waals surface area contributed by atoms with Gasteiger partial charge in [0.25, 0.3) is 5.91 Å². The van der Waals surface area contributed by atoms with Gasteiger partial charge in [0.2, 0.25) is 5.91 Å². The Hall–Kier alpha value is -1.82. The predicted molar refractivity (Wildman–Crippen MR) is 86.4 cm³/mol. The van der Waals surface area contributed by atoms with Gasteiger partial charge >= 0.3 is 0 Å². The monoisotopic (exact) mass is 332 g/mol. The van der Waals surface area contributed by atoms with Crippen LogP contribution in [-0.4, -0.2) is 60.5 Å². The van der Waals surface area contributed by atoms with E-state index in [-0.39, 0.29) is 17.2 Å². The summed E-state index contributed by atoms with van der Waals surface area (Å²) < 4.78 is 10.4. The standard InChI is InChI=1S/C18H24N2O4/c21-16(14-2-9-24-12-14)19-8-6-18(13-19)5-1-7-20(17(18)22)15-3-10-23-11-4-15/h2,9,12,15H,1,3-8,10-11,13H2/t18-/m0/s1. The lowest BCUT2D eigenvalue weighted by Crippen LogP contribution is -2.55. The van der Waals surface area contributed by atoms with Crippen LogP contribution in [0.2, 0.25) is 0 Å². The van der Waals surface area contributed by atoms with Gasteiger partial charge in [-0.15, -0.1) is 0 Å². The summed E-state index contributed by atoms with van der Waals surface area (Å²) in [5, 5.41) is 0. The minimum absolute atomic E-state index is 0.0309. The van der Waals surface area contributed by atoms with Crippen molar-refractivity contribution in [1.29, 1.82) is 0 Å². The van der Waals surface area contributed by atoms with Gasteiger partial charge in [-0.2, -0.15) is 0 Å². The van der Waals surface area contributed by atoms with Crippen molar-refractivity contribution < 1.29 is 18.7 Å². The molecule has 0 saturated carbocycles. The highest BCUT2D eigenvalue weighted by atomic mass is 16.5. The second kappa shape index (κ2) is 6.24. The molecule has 0 aromatic carbocycles. The van der Waals surface area contributed by atoms with Gasteiger partial charge in [0.15, 0.2) is 0 Å². The molecular weight excluding hydrogens is 308 g/mol. The molecule has 24 heavy (non-hydrogen) atoms. The number of ether oxygens (including phenoxy) is 1. The van der Waals surface area contributed by atoms with E-state index in [1.54, 1.807) is 6.07 Å². The van der Waals surface area contributed by atoms with Gasteiger partial charge < -0.3 is 19.0 Å². The maximum absolute atomic E-state index is 13.2. The van der Waals surface area contributed by atoms with Gasteiger partial charge in [0.1, 0.15) is 6.26 Å². The van der Waals surface area contributed by atoms with Crippen LogP contribution in [0.15, 0.2) is 23.0 Å². The van der Waals surface area contributed by atoms with Crippen LogP contribution in [0, 0.1) is 5.41 Å². The molecule has 0 unspecified atom stereocenters. The van der Waals surface area contributed by atoms with Crippen LogP contribution in [0.4, 0.5) is 0 Å². The third-order valence-corrected chi connectivity index (χ3v) is 5.81. The van der Waals surface area contributed by atoms with Crippen molar-refractivity contribution in [3.63, 3.8) is 0 Å². The molecule has 130 valence electrons. The van der Waals surface area contributed by atoms with Crippen LogP contribution in [0.1, 0.15) is 42.5 Å². The molecule has 1 aromatic heterocycles. The molecule has 3 aliphatic rings. The third kappa shape index (κ3) is 2.62. The number of rotatable bonds is 2. The van der Waals surface area contributed by atoms with Crippen molar-refractivity contribution in [2.75, 3.05) is 32.8 Å². The van der Waals surface area contributed by atoms with Gasteiger partial charge in [-0.3, -0.25) is 9.59 Å². The first-order chi connectivity index (χ1) is 11.7. The number of nitrogens with zero attached hydrogens (tertiary/aromatic N) is 2. The SMILES string of the molecule is O=C(c1ccoc1)N1CC[C@@]2(CCCN(C3CCOCC3)C2=O)C1. The molecule has 3 aliphatic heterocycles. The Morgan fingerprint density at radius 2 is 2.04 bits per heavy atom. The molecule has 0 aliphatic carbocycles. The second-order valence-electron chi connectivity index (χ2n) is 7.21. The molecule has 6 heteroatoms. The lowest BCUT2D eigenvalue weighted by atomic mass is 9.77. The van der Waals surface area contributed by atoms with Crippen LogP contribution in [0.25, 0.3) is 0 Å². The summed E-state index contributed by atoms with van der Waals surface area (Å²) >= 11 is 0. The van der Waals surface area contributed by atoms with E-state index in [1.165, 1.54) is 12.5 Å². The lowest BCUT2D eigenvalue weighted by Gasteiger charge is -2.44. The number of hydrogen-bond acceptors (Lipinski definition) is 4. The van der Waals surface area contributed by atoms with Crippen LogP contribution in [-0.2, 0) is 9.53 Å². The van der Waals surface area contributed by atoms with Gasteiger partial charge in [-0.25, -0.2) is 0 Å². The smallest absolute Gasteiger partial charge is 0.257 e. The van der Waals surface area contributed by atoms with Gasteiger partial charge in [0, 0.05) is 38.9 Å². The highest BCUT2D eigenvalue weighted by molar-refractivity contribution is 5.95. The molecule has 3 fully saturated rings. The Labute approximate surface area is 141 Å². The van der Waals surface area contributed by atoms with E-state index in [2.05, 4.69) is 4.90 Å². The second-order valence-corrected chi connectivity index (χ2v) is 7.21. The number of carbonyl (C=O) groups excluding carboxylic acids is 2. The zero-order chi connectivity index (χ0) is 16.6. The van der Waals surface area contributed by atoms with E-state index in [9.17, 15) is 9.59 Å². The fourth-order valence-electron chi connectivity index (χ4n) is 4.44. The number of hydrogen-bond donors (Lipinski definition) is 0. The maximum atomic E-state index is 13.2. The van der Waals surface area contributed by atoms with Crippen molar-refractivity contribution in [2.45, 2.75) is 38.1 Å². The number of amides is 2. The Kier molecular flexibility index (Phi) is 4.08. The highest BCUT2D eigenvalue weighted by Crippen LogP contribution is 2.41. The molecule has 4 rings (SSSR count). The summed E-state index contributed by atoms with van der Waals surface area (Å²) in [5.41, 5.74) is 0.187. The average molecular weight is 332 g/mol. The minimum atomic E-state index is -0.379. The van der Waals surface area contributed by atoms with Crippen LogP contribution < -0.4 is 0 Å². The normalized spacial score (nSPS) is 28.8. The van der Waals surface area contributed by atoms with Gasteiger partial charge in [-0.05, 0) is 38.2 Å². The van der Waals surface area contributed by atoms with E-state index in [4.69, 9.17) is 9.15 Å². The summed E-state index contributed by atoms with van der Waals surface area (Å²) in [7, 11) is 0. The summed E-state index contributed by atoms with van der Waals surface area (Å²) in [4.78, 5) is 29.7. The van der Waals surface area contributed by atoms with Crippen LogP contribution in [0.3, 0.4) is 0 Å². The van der Waals surface area contributed by atoms with Crippen molar-refractivity contribution in [3.8, 4) is 0 Å². The number of carbonyl (C=O) groups is 2. The predicted octanol–water partition coefficient (Wildman–Crippen LogP) is 1.91. The molecule has 1 atom stereocenters. The van der Waals surface area contributed by atoms with Crippen LogP contribution in [0.5, 0.6) is 0 Å². The molecule has 0 radical (unpaired) electrons. The first-order valence-corrected chi connectivity index (χ1v) is 8.90. The van der Waals surface area contributed by atoms with Crippen molar-refractivity contribution in [1.82, 2.24) is 9.80 Å². The lowest BCUT2D eigenvalue weighted by molar-refractivity contribution is -0.150. The molecule has 3 saturated heterocycles. The molecule has 1 aromatic rings. The molecule has 1 spiro atoms. The Morgan fingerprint density at radius 3 is 2.79 bits per heavy atom. The largest absolute Gasteiger partial charge is 0.472 e. The van der Waals surface area contributed by atoms with Crippen molar-refractivity contribution in [2.24, 2.45) is 5.41 Å². The molecule has 0 N–H and O–H groups in total. The zero-order valence-corrected chi connectivity index (χ0v) is 13.9. The first kappa shape index (κ1) is 15.7. The van der Waals surface area contributed by atoms with Gasteiger partial charge in [-0.1, -0.05) is 0 Å². The van der Waals surface area contributed by atoms with E-state index in [1.807, 2.05) is 4.90 Å². The number of piperidine rings is 1. The fraction of sp³-hybridized carbons (Fsp3) is 0.667. The highest BCUT2D eigenvalue weighted by Gasteiger charge is 2.50. The Balaban J connectivity index is 1.48. The van der Waals surface area contributed by atoms with E-state index in [0.29, 0.717) is 24.7 Å². The first-order valence-electron chi connectivity index (χ1n) is 8.90. The Bertz CT molecular complexity index is 609. The Morgan fingerprint density at radius 1 is 1.21 bits per heavy atom. The van der Waals surface area contributed by atoms with Gasteiger partial charge in [0.05, 0.1) is 17.2 Å². The summed E-state index contributed by atoms with van der Waals surface area (Å²) in [5.74, 6) is 0.222. The number of likely N-dealkylation sites (tertiary alicyclic amines) is 2. The zero-order valence-electron chi connectivity index (χ0n) is 13.9. The summed E-state index contributed by atoms with van der Waals surface area (Å²) in [6, 6.07) is 1.99. The van der Waals surface area contributed by atoms with Crippen molar-refractivity contribution >= 4 is 11.8 Å². The molecule has 6 nitrogen and oxygen atoms in total. The fourth-order valence-corrected chi connectivity index (χ4v) is 4.44. The molecule has 2 amide bonds. The third-order valence-electron chi connectivity index (χ3n) is 5.81. The summed E-state index contributed by atoms with van der Waals surface area (Å²) in [6.07, 6.45) is 7.54. The average Bonchev–Trinajstić information content (AvgIpc) is 3.29. The minimum Gasteiger partial charge on any atom is -0.472 e. The van der Waals surface area contributed by atoms with E-state index >= 15 is 0 Å².